The van der Waals surface area contributed by atoms with Crippen LogP contribution in [0.4, 0.5) is 0 Å². The van der Waals surface area contributed by atoms with Crippen LogP contribution in [0.3, 0.4) is 0 Å². The summed E-state index contributed by atoms with van der Waals surface area (Å²) in [5, 5.41) is 8.94. The Kier molecular flexibility index (Phi) is 4.92. The van der Waals surface area contributed by atoms with E-state index in [4.69, 9.17) is 5.11 Å². The van der Waals surface area contributed by atoms with Gasteiger partial charge in [0.05, 0.1) is 6.42 Å². The maximum absolute atomic E-state index is 10.9. The Balaban J connectivity index is 1.89. The number of hydrogen-bond donors (Lipinski definition) is 1. The fourth-order valence-corrected chi connectivity index (χ4v) is 3.80. The van der Waals surface area contributed by atoms with Gasteiger partial charge in [-0.2, -0.15) is 0 Å². The molecule has 0 bridgehead atoms. The molecule has 1 unspecified atom stereocenters. The molecule has 2 aromatic rings. The van der Waals surface area contributed by atoms with Gasteiger partial charge in [0.1, 0.15) is 0 Å². The molecule has 2 heteroatoms. The number of rotatable bonds is 2. The minimum absolute atomic E-state index is 0.0532. The normalized spacial score (nSPS) is 17.8. The van der Waals surface area contributed by atoms with E-state index in [2.05, 4.69) is 50.8 Å². The predicted molar refractivity (Wildman–Crippen MR) is 106 cm³/mol. The number of fused-ring (bicyclic) bond motifs is 1. The molecule has 134 valence electrons. The van der Waals surface area contributed by atoms with Crippen molar-refractivity contribution in [3.63, 3.8) is 0 Å². The van der Waals surface area contributed by atoms with E-state index >= 15 is 0 Å². The van der Waals surface area contributed by atoms with Crippen LogP contribution >= 0.6 is 0 Å². The molecule has 3 rings (SSSR count). The van der Waals surface area contributed by atoms with Crippen molar-refractivity contribution >= 4 is 5.97 Å². The first-order valence-electron chi connectivity index (χ1n) is 9.24. The van der Waals surface area contributed by atoms with E-state index in [1.807, 2.05) is 25.1 Å². The number of carbonyl (C=O) groups is 1. The highest BCUT2D eigenvalue weighted by Crippen LogP contribution is 2.42. The molecule has 0 radical (unpaired) electrons. The molecule has 1 aliphatic carbocycles. The zero-order valence-electron chi connectivity index (χ0n) is 16.0. The first kappa shape index (κ1) is 18.3. The molecule has 0 heterocycles. The quantitative estimate of drug-likeness (QED) is 0.759. The molecule has 2 aromatic carbocycles. The molecule has 1 atom stereocenters. The molecule has 26 heavy (non-hydrogen) atoms. The first-order chi connectivity index (χ1) is 12.3. The van der Waals surface area contributed by atoms with Crippen LogP contribution < -0.4 is 0 Å². The highest BCUT2D eigenvalue weighted by molar-refractivity contribution is 5.71. The lowest BCUT2D eigenvalue weighted by molar-refractivity contribution is -0.136. The lowest BCUT2D eigenvalue weighted by Crippen LogP contribution is -2.25. The maximum atomic E-state index is 10.9. The molecule has 0 aromatic heterocycles. The monoisotopic (exact) mass is 346 g/mol. The second-order valence-electron chi connectivity index (χ2n) is 8.09. The Morgan fingerprint density at radius 3 is 2.46 bits per heavy atom. The number of carboxylic acids is 1. The SMILES string of the molecule is Cc1cc(C#Cc2ccc3c(c2)C(C)(C)CCC3C)ccc1CC(=O)O. The third-order valence-corrected chi connectivity index (χ3v) is 5.55. The molecule has 2 nitrogen and oxygen atoms in total. The van der Waals surface area contributed by atoms with Crippen LogP contribution in [0.25, 0.3) is 0 Å². The zero-order chi connectivity index (χ0) is 18.9. The van der Waals surface area contributed by atoms with E-state index in [1.165, 1.54) is 24.0 Å². The highest BCUT2D eigenvalue weighted by Gasteiger charge is 2.30. The number of hydrogen-bond acceptors (Lipinski definition) is 1. The van der Waals surface area contributed by atoms with Crippen molar-refractivity contribution in [3.8, 4) is 11.8 Å². The highest BCUT2D eigenvalue weighted by atomic mass is 16.4. The average molecular weight is 346 g/mol. The van der Waals surface area contributed by atoms with Crippen molar-refractivity contribution in [1.29, 1.82) is 0 Å². The largest absolute Gasteiger partial charge is 0.481 e. The lowest BCUT2D eigenvalue weighted by Gasteiger charge is -2.36. The summed E-state index contributed by atoms with van der Waals surface area (Å²) in [6, 6.07) is 12.4. The van der Waals surface area contributed by atoms with Gasteiger partial charge in [0, 0.05) is 11.1 Å². The molecule has 0 amide bonds. The van der Waals surface area contributed by atoms with Gasteiger partial charge in [0.2, 0.25) is 0 Å². The second-order valence-corrected chi connectivity index (χ2v) is 8.09. The number of carboxylic acid groups (broad SMARTS) is 1. The summed E-state index contributed by atoms with van der Waals surface area (Å²) in [6.45, 7) is 8.88. The van der Waals surface area contributed by atoms with Crippen molar-refractivity contribution < 1.29 is 9.90 Å². The minimum Gasteiger partial charge on any atom is -0.481 e. The van der Waals surface area contributed by atoms with E-state index in [1.54, 1.807) is 0 Å². The van der Waals surface area contributed by atoms with Gasteiger partial charge in [-0.3, -0.25) is 4.79 Å². The van der Waals surface area contributed by atoms with E-state index in [0.717, 1.165) is 22.3 Å². The molecule has 0 spiro atoms. The van der Waals surface area contributed by atoms with Gasteiger partial charge < -0.3 is 5.11 Å². The van der Waals surface area contributed by atoms with Gasteiger partial charge >= 0.3 is 5.97 Å². The van der Waals surface area contributed by atoms with Crippen molar-refractivity contribution in [1.82, 2.24) is 0 Å². The summed E-state index contributed by atoms with van der Waals surface area (Å²) in [5.41, 5.74) is 6.86. The summed E-state index contributed by atoms with van der Waals surface area (Å²) in [6.07, 6.45) is 2.51. The van der Waals surface area contributed by atoms with E-state index in [-0.39, 0.29) is 11.8 Å². The fourth-order valence-electron chi connectivity index (χ4n) is 3.80. The molecular weight excluding hydrogens is 320 g/mol. The van der Waals surface area contributed by atoms with Gasteiger partial charge in [-0.05, 0) is 77.6 Å². The Bertz CT molecular complexity index is 910. The van der Waals surface area contributed by atoms with Crippen molar-refractivity contribution in [2.24, 2.45) is 0 Å². The topological polar surface area (TPSA) is 37.3 Å². The smallest absolute Gasteiger partial charge is 0.307 e. The van der Waals surface area contributed by atoms with Crippen LogP contribution in [-0.4, -0.2) is 11.1 Å². The average Bonchev–Trinajstić information content (AvgIpc) is 2.58. The maximum Gasteiger partial charge on any atom is 0.307 e. The summed E-state index contributed by atoms with van der Waals surface area (Å²) in [7, 11) is 0. The van der Waals surface area contributed by atoms with E-state index < -0.39 is 5.97 Å². The Morgan fingerprint density at radius 1 is 1.15 bits per heavy atom. The minimum atomic E-state index is -0.808. The molecule has 0 aliphatic heterocycles. The van der Waals surface area contributed by atoms with Crippen LogP contribution in [-0.2, 0) is 16.6 Å². The van der Waals surface area contributed by atoms with Crippen LogP contribution in [0.2, 0.25) is 0 Å². The summed E-state index contributed by atoms with van der Waals surface area (Å²) in [4.78, 5) is 10.9. The van der Waals surface area contributed by atoms with Crippen LogP contribution in [0.1, 0.15) is 72.9 Å². The van der Waals surface area contributed by atoms with E-state index in [9.17, 15) is 4.79 Å². The Morgan fingerprint density at radius 2 is 1.81 bits per heavy atom. The van der Waals surface area contributed by atoms with Crippen LogP contribution in [0.5, 0.6) is 0 Å². The fraction of sp³-hybridized carbons (Fsp3) is 0.375. The van der Waals surface area contributed by atoms with Crippen molar-refractivity contribution in [2.45, 2.75) is 58.3 Å². The molecule has 0 saturated carbocycles. The standard InChI is InChI=1S/C24H26O2/c1-16-11-12-24(3,4)22-14-19(8-10-21(16)22)6-5-18-7-9-20(15-23(25)26)17(2)13-18/h7-10,13-14,16H,11-12,15H2,1-4H3,(H,25,26). The van der Waals surface area contributed by atoms with Gasteiger partial charge in [-0.15, -0.1) is 0 Å². The molecule has 0 fully saturated rings. The lowest BCUT2D eigenvalue weighted by atomic mass is 9.69. The van der Waals surface area contributed by atoms with Gasteiger partial charge in [-0.25, -0.2) is 0 Å². The van der Waals surface area contributed by atoms with Crippen LogP contribution in [0.15, 0.2) is 36.4 Å². The summed E-state index contributed by atoms with van der Waals surface area (Å²) < 4.78 is 0. The van der Waals surface area contributed by atoms with Gasteiger partial charge in [0.25, 0.3) is 0 Å². The Hall–Kier alpha value is -2.53. The number of aliphatic carboxylic acids is 1. The number of aryl methyl sites for hydroxylation is 1. The predicted octanol–water partition coefficient (Wildman–Crippen LogP) is 5.20. The molecule has 1 aliphatic rings. The first-order valence-corrected chi connectivity index (χ1v) is 9.24. The molecular formula is C24H26O2. The second kappa shape index (κ2) is 7.00. The molecule has 0 saturated heterocycles. The van der Waals surface area contributed by atoms with Crippen LogP contribution in [0, 0.1) is 18.8 Å². The third-order valence-electron chi connectivity index (χ3n) is 5.55. The number of benzene rings is 2. The van der Waals surface area contributed by atoms with Gasteiger partial charge in [-0.1, -0.05) is 44.7 Å². The molecule has 1 N–H and O–H groups in total. The van der Waals surface area contributed by atoms with Crippen molar-refractivity contribution in [2.75, 3.05) is 0 Å². The summed E-state index contributed by atoms with van der Waals surface area (Å²) in [5.74, 6) is 6.32. The van der Waals surface area contributed by atoms with E-state index in [0.29, 0.717) is 5.92 Å². The van der Waals surface area contributed by atoms with Gasteiger partial charge in [0.15, 0.2) is 0 Å². The third kappa shape index (κ3) is 3.83. The van der Waals surface area contributed by atoms with Crippen molar-refractivity contribution in [3.05, 3.63) is 69.8 Å². The zero-order valence-corrected chi connectivity index (χ0v) is 16.0. The summed E-state index contributed by atoms with van der Waals surface area (Å²) >= 11 is 0. The Labute approximate surface area is 156 Å².